The van der Waals surface area contributed by atoms with Gasteiger partial charge in [0, 0.05) is 0 Å². The summed E-state index contributed by atoms with van der Waals surface area (Å²) in [6.07, 6.45) is 1.18. The summed E-state index contributed by atoms with van der Waals surface area (Å²) >= 11 is 0. The second-order valence-corrected chi connectivity index (χ2v) is 2.81. The Balaban J connectivity index is 2.66. The van der Waals surface area contributed by atoms with Crippen LogP contribution < -0.4 is 11.2 Å². The zero-order valence-electron chi connectivity index (χ0n) is 8.04. The molecule has 0 heterocycles. The first-order chi connectivity index (χ1) is 7.50. The Kier molecular flexibility index (Phi) is 3.44. The number of amides is 2. The number of primary amides is 1. The minimum atomic E-state index is -1.15. The number of benzene rings is 1. The van der Waals surface area contributed by atoms with E-state index in [4.69, 9.17) is 10.2 Å². The molecule has 0 aliphatic heterocycles. The minimum Gasteiger partial charge on any atom is -0.504 e. The van der Waals surface area contributed by atoms with E-state index < -0.39 is 11.8 Å². The Hall–Kier alpha value is -2.57. The highest BCUT2D eigenvalue weighted by molar-refractivity contribution is 6.34. The third-order valence-corrected chi connectivity index (χ3v) is 1.60. The summed E-state index contributed by atoms with van der Waals surface area (Å²) in [6.45, 7) is 0. The van der Waals surface area contributed by atoms with E-state index >= 15 is 0 Å². The molecule has 1 aromatic carbocycles. The summed E-state index contributed by atoms with van der Waals surface area (Å²) < 4.78 is 0. The molecule has 0 spiro atoms. The van der Waals surface area contributed by atoms with Gasteiger partial charge >= 0.3 is 11.8 Å². The van der Waals surface area contributed by atoms with Crippen molar-refractivity contribution in [3.63, 3.8) is 0 Å². The highest BCUT2D eigenvalue weighted by Gasteiger charge is 2.05. The average molecular weight is 223 g/mol. The van der Waals surface area contributed by atoms with E-state index in [1.165, 1.54) is 24.4 Å². The van der Waals surface area contributed by atoms with Gasteiger partial charge in [0.05, 0.1) is 6.21 Å². The molecule has 16 heavy (non-hydrogen) atoms. The Bertz CT molecular complexity index is 456. The first kappa shape index (κ1) is 11.5. The van der Waals surface area contributed by atoms with E-state index in [1.807, 2.05) is 5.43 Å². The Morgan fingerprint density at radius 1 is 1.31 bits per heavy atom. The highest BCUT2D eigenvalue weighted by Crippen LogP contribution is 2.23. The topological polar surface area (TPSA) is 125 Å². The maximum atomic E-state index is 10.7. The number of nitrogens with two attached hydrogens (primary N) is 1. The van der Waals surface area contributed by atoms with Gasteiger partial charge in [0.2, 0.25) is 0 Å². The van der Waals surface area contributed by atoms with Crippen molar-refractivity contribution >= 4 is 18.0 Å². The SMILES string of the molecule is NC(=O)C(=O)NN=Cc1ccc(O)c(O)c1. The molecule has 0 saturated carbocycles. The number of aromatic hydroxyl groups is 2. The lowest BCUT2D eigenvalue weighted by Gasteiger charge is -1.98. The van der Waals surface area contributed by atoms with Crippen molar-refractivity contribution in [3.05, 3.63) is 23.8 Å². The number of rotatable bonds is 2. The highest BCUT2D eigenvalue weighted by atomic mass is 16.3. The van der Waals surface area contributed by atoms with Crippen LogP contribution in [0.25, 0.3) is 0 Å². The van der Waals surface area contributed by atoms with Crippen LogP contribution in [0.15, 0.2) is 23.3 Å². The Morgan fingerprint density at radius 3 is 2.56 bits per heavy atom. The van der Waals surface area contributed by atoms with Crippen LogP contribution in [0, 0.1) is 0 Å². The zero-order valence-corrected chi connectivity index (χ0v) is 8.04. The predicted molar refractivity (Wildman–Crippen MR) is 54.7 cm³/mol. The van der Waals surface area contributed by atoms with E-state index in [2.05, 4.69) is 10.8 Å². The minimum absolute atomic E-state index is 0.265. The maximum Gasteiger partial charge on any atom is 0.329 e. The number of carbonyl (C=O) groups excluding carboxylic acids is 2. The summed E-state index contributed by atoms with van der Waals surface area (Å²) in [6, 6.07) is 3.94. The molecule has 0 bridgehead atoms. The first-order valence-corrected chi connectivity index (χ1v) is 4.15. The van der Waals surface area contributed by atoms with Crippen molar-refractivity contribution in [1.29, 1.82) is 0 Å². The van der Waals surface area contributed by atoms with E-state index in [9.17, 15) is 9.59 Å². The van der Waals surface area contributed by atoms with Gasteiger partial charge in [0.25, 0.3) is 0 Å². The molecule has 2 amide bonds. The molecule has 0 atom stereocenters. The number of hydrogen-bond acceptors (Lipinski definition) is 5. The standard InChI is InChI=1S/C9H9N3O4/c10-8(15)9(16)12-11-4-5-1-2-6(13)7(14)3-5/h1-4,13-14H,(H2,10,15)(H,12,16). The summed E-state index contributed by atoms with van der Waals surface area (Å²) in [5, 5.41) is 21.5. The fourth-order valence-electron chi connectivity index (χ4n) is 0.841. The molecule has 84 valence electrons. The summed E-state index contributed by atoms with van der Waals surface area (Å²) in [7, 11) is 0. The van der Waals surface area contributed by atoms with Gasteiger partial charge in [-0.05, 0) is 23.8 Å². The Morgan fingerprint density at radius 2 is 2.00 bits per heavy atom. The lowest BCUT2D eigenvalue weighted by Crippen LogP contribution is -2.32. The van der Waals surface area contributed by atoms with E-state index in [1.54, 1.807) is 0 Å². The third kappa shape index (κ3) is 2.98. The number of hydrogen-bond donors (Lipinski definition) is 4. The van der Waals surface area contributed by atoms with Crippen LogP contribution >= 0.6 is 0 Å². The summed E-state index contributed by atoms with van der Waals surface area (Å²) in [4.78, 5) is 21.0. The molecule has 1 rings (SSSR count). The number of phenols is 2. The van der Waals surface area contributed by atoms with Crippen LogP contribution in [-0.2, 0) is 9.59 Å². The van der Waals surface area contributed by atoms with Crippen LogP contribution in [0.4, 0.5) is 0 Å². The van der Waals surface area contributed by atoms with Crippen molar-refractivity contribution in [2.45, 2.75) is 0 Å². The van der Waals surface area contributed by atoms with Gasteiger partial charge in [0.15, 0.2) is 11.5 Å². The molecular weight excluding hydrogens is 214 g/mol. The quantitative estimate of drug-likeness (QED) is 0.223. The van der Waals surface area contributed by atoms with Crippen LogP contribution in [0.1, 0.15) is 5.56 Å². The number of nitrogens with one attached hydrogen (secondary N) is 1. The molecule has 7 heteroatoms. The fourth-order valence-corrected chi connectivity index (χ4v) is 0.841. The van der Waals surface area contributed by atoms with Gasteiger partial charge in [-0.25, -0.2) is 5.43 Å². The number of phenolic OH excluding ortho intramolecular Hbond substituents is 2. The molecule has 0 unspecified atom stereocenters. The van der Waals surface area contributed by atoms with Gasteiger partial charge in [-0.1, -0.05) is 0 Å². The van der Waals surface area contributed by atoms with Crippen molar-refractivity contribution in [2.75, 3.05) is 0 Å². The van der Waals surface area contributed by atoms with Gasteiger partial charge in [-0.15, -0.1) is 0 Å². The lowest BCUT2D eigenvalue weighted by atomic mass is 10.2. The van der Waals surface area contributed by atoms with E-state index in [-0.39, 0.29) is 11.5 Å². The number of hydrazone groups is 1. The van der Waals surface area contributed by atoms with Crippen LogP contribution in [0.3, 0.4) is 0 Å². The number of nitrogens with zero attached hydrogens (tertiary/aromatic N) is 1. The molecule has 5 N–H and O–H groups in total. The van der Waals surface area contributed by atoms with Crippen LogP contribution in [0.5, 0.6) is 11.5 Å². The summed E-state index contributed by atoms with van der Waals surface area (Å²) in [5.41, 5.74) is 6.97. The molecule has 0 fully saturated rings. The molecule has 0 aromatic heterocycles. The lowest BCUT2D eigenvalue weighted by molar-refractivity contribution is -0.137. The largest absolute Gasteiger partial charge is 0.504 e. The van der Waals surface area contributed by atoms with E-state index in [0.29, 0.717) is 5.56 Å². The number of carbonyl (C=O) groups is 2. The zero-order chi connectivity index (χ0) is 12.1. The predicted octanol–water partition coefficient (Wildman–Crippen LogP) is -0.967. The van der Waals surface area contributed by atoms with Crippen molar-refractivity contribution in [1.82, 2.24) is 5.43 Å². The van der Waals surface area contributed by atoms with Gasteiger partial charge in [-0.2, -0.15) is 5.10 Å². The molecule has 0 aliphatic rings. The normalized spacial score (nSPS) is 10.2. The average Bonchev–Trinajstić information content (AvgIpc) is 2.23. The third-order valence-electron chi connectivity index (χ3n) is 1.60. The van der Waals surface area contributed by atoms with Crippen molar-refractivity contribution in [3.8, 4) is 11.5 Å². The molecular formula is C9H9N3O4. The van der Waals surface area contributed by atoms with Crippen molar-refractivity contribution in [2.24, 2.45) is 10.8 Å². The molecule has 0 saturated heterocycles. The van der Waals surface area contributed by atoms with Gasteiger partial charge in [-0.3, -0.25) is 9.59 Å². The molecule has 0 aliphatic carbocycles. The smallest absolute Gasteiger partial charge is 0.329 e. The first-order valence-electron chi connectivity index (χ1n) is 4.15. The molecule has 7 nitrogen and oxygen atoms in total. The second-order valence-electron chi connectivity index (χ2n) is 2.81. The fraction of sp³-hybridized carbons (Fsp3) is 0. The van der Waals surface area contributed by atoms with Gasteiger partial charge < -0.3 is 15.9 Å². The van der Waals surface area contributed by atoms with E-state index in [0.717, 1.165) is 0 Å². The molecule has 1 aromatic rings. The maximum absolute atomic E-state index is 10.7. The van der Waals surface area contributed by atoms with Gasteiger partial charge in [0.1, 0.15) is 0 Å². The van der Waals surface area contributed by atoms with Crippen LogP contribution in [0.2, 0.25) is 0 Å². The second kappa shape index (κ2) is 4.78. The van der Waals surface area contributed by atoms with Crippen LogP contribution in [-0.4, -0.2) is 28.2 Å². The molecule has 0 radical (unpaired) electrons. The van der Waals surface area contributed by atoms with Crippen molar-refractivity contribution < 1.29 is 19.8 Å². The monoisotopic (exact) mass is 223 g/mol. The summed E-state index contributed by atoms with van der Waals surface area (Å²) in [5.74, 6) is -2.77. The Labute approximate surface area is 90.2 Å².